The molecule has 1 amide bonds. The zero-order valence-electron chi connectivity index (χ0n) is 10.4. The van der Waals surface area contributed by atoms with Crippen molar-refractivity contribution in [2.45, 2.75) is 24.4 Å². The summed E-state index contributed by atoms with van der Waals surface area (Å²) in [5, 5.41) is 0.0368. The Hall–Kier alpha value is -0.750. The van der Waals surface area contributed by atoms with Gasteiger partial charge < -0.3 is 4.90 Å². The number of likely N-dealkylation sites (tertiary alicyclic amines) is 1. The molecule has 0 atom stereocenters. The van der Waals surface area contributed by atoms with Gasteiger partial charge >= 0.3 is 6.18 Å². The molecule has 2 rings (SSSR count). The van der Waals surface area contributed by atoms with Gasteiger partial charge in [0, 0.05) is 28.5 Å². The number of alkyl halides is 4. The van der Waals surface area contributed by atoms with E-state index in [0.29, 0.717) is 25.9 Å². The third-order valence-corrected chi connectivity index (χ3v) is 4.36. The quantitative estimate of drug-likeness (QED) is 0.675. The Kier molecular flexibility index (Phi) is 4.64. The first-order valence-electron chi connectivity index (χ1n) is 6.09. The van der Waals surface area contributed by atoms with Crippen LogP contribution in [0.5, 0.6) is 0 Å². The molecule has 1 aliphatic heterocycles. The van der Waals surface area contributed by atoms with Gasteiger partial charge in [0.15, 0.2) is 0 Å². The number of hydrogen-bond donors (Lipinski definition) is 0. The Balaban J connectivity index is 2.23. The number of nitrogens with zero attached hydrogens (tertiary/aromatic N) is 1. The molecule has 2 nitrogen and oxygen atoms in total. The van der Waals surface area contributed by atoms with Gasteiger partial charge in [-0.1, -0.05) is 15.9 Å². The van der Waals surface area contributed by atoms with E-state index < -0.39 is 11.7 Å². The van der Waals surface area contributed by atoms with Crippen LogP contribution in [0, 0.1) is 0 Å². The smallest absolute Gasteiger partial charge is 0.339 e. The van der Waals surface area contributed by atoms with E-state index >= 15 is 0 Å². The molecule has 1 heterocycles. The molecule has 7 heteroatoms. The molecule has 0 radical (unpaired) electrons. The lowest BCUT2D eigenvalue weighted by Crippen LogP contribution is -2.38. The fourth-order valence-electron chi connectivity index (χ4n) is 2.11. The topological polar surface area (TPSA) is 20.3 Å². The van der Waals surface area contributed by atoms with Crippen LogP contribution in [0.3, 0.4) is 0 Å². The monoisotopic (exact) mass is 369 g/mol. The van der Waals surface area contributed by atoms with Crippen molar-refractivity contribution in [3.8, 4) is 0 Å². The Bertz CT molecular complexity index is 513. The van der Waals surface area contributed by atoms with Crippen LogP contribution in [-0.2, 0) is 6.18 Å². The summed E-state index contributed by atoms with van der Waals surface area (Å²) in [5.41, 5.74) is -0.788. The van der Waals surface area contributed by atoms with E-state index in [2.05, 4.69) is 15.9 Å². The van der Waals surface area contributed by atoms with Crippen molar-refractivity contribution in [2.24, 2.45) is 0 Å². The first-order chi connectivity index (χ1) is 9.29. The number of piperidine rings is 1. The molecule has 20 heavy (non-hydrogen) atoms. The van der Waals surface area contributed by atoms with E-state index in [0.717, 1.165) is 6.07 Å². The molecule has 0 spiro atoms. The predicted molar refractivity (Wildman–Crippen MR) is 73.9 cm³/mol. The van der Waals surface area contributed by atoms with Gasteiger partial charge in [-0.25, -0.2) is 0 Å². The van der Waals surface area contributed by atoms with Gasteiger partial charge in [-0.05, 0) is 31.0 Å². The van der Waals surface area contributed by atoms with E-state index in [4.69, 9.17) is 11.6 Å². The summed E-state index contributed by atoms with van der Waals surface area (Å²) in [4.78, 5) is 13.7. The molecule has 1 fully saturated rings. The summed E-state index contributed by atoms with van der Waals surface area (Å²) >= 11 is 8.80. The number of carbonyl (C=O) groups excluding carboxylic acids is 1. The molecule has 1 saturated heterocycles. The van der Waals surface area contributed by atoms with Crippen molar-refractivity contribution < 1.29 is 18.0 Å². The van der Waals surface area contributed by atoms with Gasteiger partial charge in [0.1, 0.15) is 0 Å². The Morgan fingerprint density at radius 3 is 2.45 bits per heavy atom. The molecule has 0 bridgehead atoms. The van der Waals surface area contributed by atoms with E-state index in [1.54, 1.807) is 4.90 Å². The second kappa shape index (κ2) is 5.93. The Labute approximate surface area is 128 Å². The van der Waals surface area contributed by atoms with Gasteiger partial charge in [0.25, 0.3) is 5.91 Å². The Morgan fingerprint density at radius 1 is 1.30 bits per heavy atom. The van der Waals surface area contributed by atoms with Crippen LogP contribution in [0.25, 0.3) is 0 Å². The minimum absolute atomic E-state index is 0.0368. The van der Waals surface area contributed by atoms with Crippen LogP contribution in [0.15, 0.2) is 22.7 Å². The first kappa shape index (κ1) is 15.6. The molecule has 0 saturated carbocycles. The van der Waals surface area contributed by atoms with Crippen molar-refractivity contribution >= 4 is 33.4 Å². The molecule has 1 aromatic rings. The van der Waals surface area contributed by atoms with Crippen molar-refractivity contribution in [3.63, 3.8) is 0 Å². The first-order valence-corrected chi connectivity index (χ1v) is 7.32. The predicted octanol–water partition coefficient (Wildman–Crippen LogP) is 4.31. The van der Waals surface area contributed by atoms with E-state index in [1.165, 1.54) is 12.1 Å². The van der Waals surface area contributed by atoms with Crippen LogP contribution in [-0.4, -0.2) is 29.3 Å². The highest BCUT2D eigenvalue weighted by molar-refractivity contribution is 9.10. The van der Waals surface area contributed by atoms with Crippen molar-refractivity contribution in [3.05, 3.63) is 33.8 Å². The van der Waals surface area contributed by atoms with Crippen molar-refractivity contribution in [1.82, 2.24) is 4.90 Å². The van der Waals surface area contributed by atoms with Crippen molar-refractivity contribution in [1.29, 1.82) is 0 Å². The van der Waals surface area contributed by atoms with E-state index in [-0.39, 0.29) is 21.3 Å². The van der Waals surface area contributed by atoms with E-state index in [1.807, 2.05) is 0 Å². The molecule has 0 aromatic heterocycles. The highest BCUT2D eigenvalue weighted by Gasteiger charge is 2.34. The second-order valence-corrected chi connectivity index (χ2v) is 6.13. The SMILES string of the molecule is O=C(c1ccc(Br)c(C(F)(F)F)c1)N1CCC(Cl)CC1. The second-order valence-electron chi connectivity index (χ2n) is 4.66. The van der Waals surface area contributed by atoms with Crippen LogP contribution in [0.1, 0.15) is 28.8 Å². The maximum Gasteiger partial charge on any atom is 0.417 e. The molecule has 0 aliphatic carbocycles. The fraction of sp³-hybridized carbons (Fsp3) is 0.462. The third-order valence-electron chi connectivity index (χ3n) is 3.23. The number of hydrogen-bond acceptors (Lipinski definition) is 1. The Morgan fingerprint density at radius 2 is 1.90 bits per heavy atom. The van der Waals surface area contributed by atoms with Crippen LogP contribution >= 0.6 is 27.5 Å². The normalized spacial score (nSPS) is 17.4. The average Bonchev–Trinajstić information content (AvgIpc) is 2.38. The summed E-state index contributed by atoms with van der Waals surface area (Å²) < 4.78 is 38.4. The number of rotatable bonds is 1. The van der Waals surface area contributed by atoms with Gasteiger partial charge in [-0.15, -0.1) is 11.6 Å². The number of amides is 1. The van der Waals surface area contributed by atoms with Gasteiger partial charge in [0.05, 0.1) is 5.56 Å². The van der Waals surface area contributed by atoms with Gasteiger partial charge in [-0.2, -0.15) is 13.2 Å². The molecular formula is C13H12BrClF3NO. The highest BCUT2D eigenvalue weighted by Crippen LogP contribution is 2.35. The molecular weight excluding hydrogens is 358 g/mol. The maximum absolute atomic E-state index is 12.8. The van der Waals surface area contributed by atoms with E-state index in [9.17, 15) is 18.0 Å². The average molecular weight is 371 g/mol. The van der Waals surface area contributed by atoms with Crippen LogP contribution in [0.4, 0.5) is 13.2 Å². The third kappa shape index (κ3) is 3.47. The minimum atomic E-state index is -4.49. The van der Waals surface area contributed by atoms with Gasteiger partial charge in [-0.3, -0.25) is 4.79 Å². The lowest BCUT2D eigenvalue weighted by Gasteiger charge is -2.29. The molecule has 1 aliphatic rings. The molecule has 1 aromatic carbocycles. The zero-order valence-corrected chi connectivity index (χ0v) is 12.7. The lowest BCUT2D eigenvalue weighted by molar-refractivity contribution is -0.138. The minimum Gasteiger partial charge on any atom is -0.339 e. The maximum atomic E-state index is 12.8. The number of benzene rings is 1. The fourth-order valence-corrected chi connectivity index (χ4v) is 2.78. The van der Waals surface area contributed by atoms with Gasteiger partial charge in [0.2, 0.25) is 0 Å². The number of carbonyl (C=O) groups is 1. The highest BCUT2D eigenvalue weighted by atomic mass is 79.9. The van der Waals surface area contributed by atoms with Crippen LogP contribution < -0.4 is 0 Å². The summed E-state index contributed by atoms with van der Waals surface area (Å²) in [6, 6.07) is 3.54. The summed E-state index contributed by atoms with van der Waals surface area (Å²) in [7, 11) is 0. The largest absolute Gasteiger partial charge is 0.417 e. The summed E-state index contributed by atoms with van der Waals surface area (Å²) in [6.45, 7) is 0.953. The summed E-state index contributed by atoms with van der Waals surface area (Å²) in [5.74, 6) is -0.383. The molecule has 0 unspecified atom stereocenters. The molecule has 110 valence electrons. The summed E-state index contributed by atoms with van der Waals surface area (Å²) in [6.07, 6.45) is -3.16. The zero-order chi connectivity index (χ0) is 14.9. The standard InChI is InChI=1S/C13H12BrClF3NO/c14-11-2-1-8(7-10(11)13(16,17)18)12(20)19-5-3-9(15)4-6-19/h1-2,7,9H,3-6H2. The molecule has 0 N–H and O–H groups in total. The number of halogens is 5. The van der Waals surface area contributed by atoms with Crippen molar-refractivity contribution in [2.75, 3.05) is 13.1 Å². The van der Waals surface area contributed by atoms with Crippen LogP contribution in [0.2, 0.25) is 0 Å². The lowest BCUT2D eigenvalue weighted by atomic mass is 10.1.